The molecule has 0 aliphatic carbocycles. The van der Waals surface area contributed by atoms with Gasteiger partial charge in [0.05, 0.1) is 11.1 Å². The smallest absolute Gasteiger partial charge is 0.147 e. The first kappa shape index (κ1) is 15.5. The third-order valence-corrected chi connectivity index (χ3v) is 4.27. The number of ether oxygens (including phenoxy) is 1. The zero-order valence-corrected chi connectivity index (χ0v) is 13.4. The van der Waals surface area contributed by atoms with E-state index in [9.17, 15) is 4.39 Å². The molecule has 0 amide bonds. The van der Waals surface area contributed by atoms with Gasteiger partial charge in [0.1, 0.15) is 15.8 Å². The normalized spacial score (nSPS) is 10.9. The molecule has 2 aromatic rings. The second-order valence-electron chi connectivity index (χ2n) is 4.12. The molecule has 108 valence electrons. The van der Waals surface area contributed by atoms with Gasteiger partial charge in [-0.25, -0.2) is 4.39 Å². The predicted molar refractivity (Wildman–Crippen MR) is 81.5 cm³/mol. The molecule has 0 unspecified atom stereocenters. The lowest BCUT2D eigenvalue weighted by Gasteiger charge is -2.00. The molecule has 7 heteroatoms. The van der Waals surface area contributed by atoms with Crippen molar-refractivity contribution in [3.05, 3.63) is 33.5 Å². The first-order chi connectivity index (χ1) is 9.70. The van der Waals surface area contributed by atoms with Crippen LogP contribution < -0.4 is 5.32 Å². The highest BCUT2D eigenvalue weighted by Crippen LogP contribution is 2.27. The third kappa shape index (κ3) is 4.31. The van der Waals surface area contributed by atoms with Gasteiger partial charge in [0.2, 0.25) is 0 Å². The van der Waals surface area contributed by atoms with Gasteiger partial charge in [0.25, 0.3) is 0 Å². The number of hydrogen-bond donors (Lipinski definition) is 1. The summed E-state index contributed by atoms with van der Waals surface area (Å²) in [5.41, 5.74) is 0.870. The van der Waals surface area contributed by atoms with E-state index >= 15 is 0 Å². The van der Waals surface area contributed by atoms with Crippen LogP contribution in [0.5, 0.6) is 0 Å². The molecule has 0 aliphatic heterocycles. The number of nitrogens with zero attached hydrogens (tertiary/aromatic N) is 2. The van der Waals surface area contributed by atoms with Crippen molar-refractivity contribution >= 4 is 27.3 Å². The van der Waals surface area contributed by atoms with Crippen LogP contribution in [-0.2, 0) is 11.2 Å². The largest absolute Gasteiger partial charge is 0.383 e. The highest BCUT2D eigenvalue weighted by Gasteiger charge is 2.08. The minimum absolute atomic E-state index is 0.277. The maximum absolute atomic E-state index is 13.2. The fraction of sp³-hybridized carbons (Fsp3) is 0.385. The average Bonchev–Trinajstić information content (AvgIpc) is 2.90. The van der Waals surface area contributed by atoms with Crippen LogP contribution in [0.15, 0.2) is 22.7 Å². The molecule has 0 saturated heterocycles. The minimum atomic E-state index is -0.277. The molecule has 4 nitrogen and oxygen atoms in total. The Hall–Kier alpha value is -0.890. The fourth-order valence-corrected chi connectivity index (χ4v) is 2.81. The Morgan fingerprint density at radius 1 is 1.35 bits per heavy atom. The maximum Gasteiger partial charge on any atom is 0.147 e. The molecule has 0 fully saturated rings. The first-order valence-electron chi connectivity index (χ1n) is 6.18. The van der Waals surface area contributed by atoms with E-state index in [1.54, 1.807) is 19.2 Å². The van der Waals surface area contributed by atoms with Gasteiger partial charge in [0, 0.05) is 32.2 Å². The van der Waals surface area contributed by atoms with Crippen LogP contribution in [0.3, 0.4) is 0 Å². The Bertz CT molecular complexity index is 564. The predicted octanol–water partition coefficient (Wildman–Crippen LogP) is 2.89. The number of benzene rings is 1. The van der Waals surface area contributed by atoms with Crippen LogP contribution in [0, 0.1) is 5.82 Å². The van der Waals surface area contributed by atoms with Crippen LogP contribution >= 0.6 is 27.3 Å². The van der Waals surface area contributed by atoms with Crippen LogP contribution in [-0.4, -0.2) is 37.0 Å². The van der Waals surface area contributed by atoms with E-state index in [0.29, 0.717) is 11.1 Å². The summed E-state index contributed by atoms with van der Waals surface area (Å²) in [5.74, 6) is -0.277. The highest BCUT2D eigenvalue weighted by atomic mass is 79.9. The molecule has 0 radical (unpaired) electrons. The second-order valence-corrected chi connectivity index (χ2v) is 6.04. The Balaban J connectivity index is 1.93. The Morgan fingerprint density at radius 2 is 2.20 bits per heavy atom. The molecular weight excluding hydrogens is 345 g/mol. The summed E-state index contributed by atoms with van der Waals surface area (Å²) in [6.45, 7) is 2.36. The number of nitrogens with one attached hydrogen (secondary N) is 1. The summed E-state index contributed by atoms with van der Waals surface area (Å²) < 4.78 is 18.6. The van der Waals surface area contributed by atoms with Crippen molar-refractivity contribution in [3.8, 4) is 10.6 Å². The van der Waals surface area contributed by atoms with Crippen molar-refractivity contribution in [1.82, 2.24) is 15.5 Å². The van der Waals surface area contributed by atoms with E-state index in [-0.39, 0.29) is 5.82 Å². The number of methoxy groups -OCH3 is 1. The molecule has 20 heavy (non-hydrogen) atoms. The van der Waals surface area contributed by atoms with Crippen molar-refractivity contribution in [2.45, 2.75) is 6.42 Å². The van der Waals surface area contributed by atoms with Crippen LogP contribution in [0.4, 0.5) is 4.39 Å². The average molecular weight is 360 g/mol. The van der Waals surface area contributed by atoms with Crippen molar-refractivity contribution in [3.63, 3.8) is 0 Å². The molecule has 1 heterocycles. The Morgan fingerprint density at radius 3 is 2.95 bits per heavy atom. The van der Waals surface area contributed by atoms with E-state index < -0.39 is 0 Å². The molecular formula is C13H15BrFN3OS. The summed E-state index contributed by atoms with van der Waals surface area (Å²) >= 11 is 4.70. The zero-order chi connectivity index (χ0) is 14.4. The minimum Gasteiger partial charge on any atom is -0.383 e. The van der Waals surface area contributed by atoms with Gasteiger partial charge in [-0.1, -0.05) is 11.3 Å². The van der Waals surface area contributed by atoms with Crippen molar-refractivity contribution < 1.29 is 9.13 Å². The highest BCUT2D eigenvalue weighted by molar-refractivity contribution is 9.10. The molecule has 0 atom stereocenters. The molecule has 0 spiro atoms. The summed E-state index contributed by atoms with van der Waals surface area (Å²) in [7, 11) is 1.68. The van der Waals surface area contributed by atoms with E-state index in [4.69, 9.17) is 4.74 Å². The van der Waals surface area contributed by atoms with Crippen molar-refractivity contribution in [1.29, 1.82) is 0 Å². The summed E-state index contributed by atoms with van der Waals surface area (Å²) in [5, 5.41) is 13.3. The van der Waals surface area contributed by atoms with Gasteiger partial charge in [-0.05, 0) is 34.1 Å². The lowest BCUT2D eigenvalue weighted by Crippen LogP contribution is -2.21. The van der Waals surface area contributed by atoms with Gasteiger partial charge < -0.3 is 10.1 Å². The van der Waals surface area contributed by atoms with Gasteiger partial charge in [-0.15, -0.1) is 10.2 Å². The SMILES string of the molecule is COCCNCCc1nnc(-c2ccc(F)c(Br)c2)s1. The Labute approximate surface area is 129 Å². The second kappa shape index (κ2) is 7.78. The number of hydrogen-bond acceptors (Lipinski definition) is 5. The van der Waals surface area contributed by atoms with Crippen molar-refractivity contribution in [2.24, 2.45) is 0 Å². The van der Waals surface area contributed by atoms with Crippen LogP contribution in [0.1, 0.15) is 5.01 Å². The van der Waals surface area contributed by atoms with Gasteiger partial charge in [-0.2, -0.15) is 0 Å². The number of aromatic nitrogens is 2. The molecule has 1 aromatic heterocycles. The summed E-state index contributed by atoms with van der Waals surface area (Å²) in [4.78, 5) is 0. The topological polar surface area (TPSA) is 47.0 Å². The van der Waals surface area contributed by atoms with Crippen LogP contribution in [0.25, 0.3) is 10.6 Å². The monoisotopic (exact) mass is 359 g/mol. The standard InChI is InChI=1S/C13H15BrFN3OS/c1-19-7-6-16-5-4-12-17-18-13(20-12)9-2-3-11(15)10(14)8-9/h2-3,8,16H,4-7H2,1H3. The Kier molecular flexibility index (Phi) is 6.03. The number of halogens is 2. The molecule has 2 rings (SSSR count). The summed E-state index contributed by atoms with van der Waals surface area (Å²) in [6.07, 6.45) is 0.823. The van der Waals surface area contributed by atoms with E-state index in [2.05, 4.69) is 31.4 Å². The molecule has 0 aliphatic rings. The van der Waals surface area contributed by atoms with E-state index in [1.807, 2.05) is 0 Å². The van der Waals surface area contributed by atoms with Crippen LogP contribution in [0.2, 0.25) is 0 Å². The van der Waals surface area contributed by atoms with Gasteiger partial charge in [0.15, 0.2) is 0 Å². The number of rotatable bonds is 7. The lowest BCUT2D eigenvalue weighted by molar-refractivity contribution is 0.199. The quantitative estimate of drug-likeness (QED) is 0.772. The first-order valence-corrected chi connectivity index (χ1v) is 7.79. The lowest BCUT2D eigenvalue weighted by atomic mass is 10.2. The molecule has 0 saturated carbocycles. The van der Waals surface area contributed by atoms with E-state index in [0.717, 1.165) is 35.1 Å². The zero-order valence-electron chi connectivity index (χ0n) is 11.0. The van der Waals surface area contributed by atoms with E-state index in [1.165, 1.54) is 17.4 Å². The molecule has 1 aromatic carbocycles. The fourth-order valence-electron chi connectivity index (χ4n) is 1.60. The molecule has 1 N–H and O–H groups in total. The van der Waals surface area contributed by atoms with Gasteiger partial charge in [-0.3, -0.25) is 0 Å². The van der Waals surface area contributed by atoms with Crippen molar-refractivity contribution in [2.75, 3.05) is 26.8 Å². The summed E-state index contributed by atoms with van der Waals surface area (Å²) in [6, 6.07) is 4.85. The third-order valence-electron chi connectivity index (χ3n) is 2.63. The maximum atomic E-state index is 13.2. The molecule has 0 bridgehead atoms. The van der Waals surface area contributed by atoms with Gasteiger partial charge >= 0.3 is 0 Å².